The Kier molecular flexibility index (Phi) is 11.4. The van der Waals surface area contributed by atoms with Crippen LogP contribution in [0.3, 0.4) is 0 Å². The summed E-state index contributed by atoms with van der Waals surface area (Å²) >= 11 is 0. The Morgan fingerprint density at radius 2 is 1.26 bits per heavy atom. The molecule has 188 valence electrons. The molecular weight excluding hydrogens is 442 g/mol. The zero-order chi connectivity index (χ0) is 24.9. The quantitative estimate of drug-likeness (QED) is 0.283. The fourth-order valence-electron chi connectivity index (χ4n) is 3.80. The molecule has 2 amide bonds. The van der Waals surface area contributed by atoms with E-state index in [1.807, 2.05) is 34.1 Å². The van der Waals surface area contributed by atoms with E-state index in [-0.39, 0.29) is 37.7 Å². The topological polar surface area (TPSA) is 157 Å². The Morgan fingerprint density at radius 1 is 0.794 bits per heavy atom. The van der Waals surface area contributed by atoms with Gasteiger partial charge in [-0.05, 0) is 17.5 Å². The average Bonchev–Trinajstić information content (AvgIpc) is 2.84. The summed E-state index contributed by atoms with van der Waals surface area (Å²) in [6, 6.07) is 7.74. The van der Waals surface area contributed by atoms with Gasteiger partial charge in [0.05, 0.1) is 19.5 Å². The number of carboxylic acid groups (broad SMARTS) is 2. The molecule has 5 N–H and O–H groups in total. The van der Waals surface area contributed by atoms with Crippen LogP contribution in [0.2, 0.25) is 0 Å². The third-order valence-corrected chi connectivity index (χ3v) is 5.63. The number of hydrogen-bond acceptors (Lipinski definition) is 7. The van der Waals surface area contributed by atoms with Crippen molar-refractivity contribution in [1.82, 2.24) is 20.0 Å². The minimum absolute atomic E-state index is 0.0754. The first kappa shape index (κ1) is 27.2. The zero-order valence-electron chi connectivity index (χ0n) is 19.4. The molecule has 1 aliphatic heterocycles. The van der Waals surface area contributed by atoms with E-state index in [0.29, 0.717) is 58.8 Å². The highest BCUT2D eigenvalue weighted by Crippen LogP contribution is 2.10. The van der Waals surface area contributed by atoms with Crippen LogP contribution in [-0.2, 0) is 32.1 Å². The Hall–Kier alpha value is -3.02. The standard InChI is InChI=1S/C23H35N5O6/c24-20(29)2-1-7-25-21(30)14-18-3-5-19(6-4-18)15-26-8-10-27(16-22(31)32)12-13-28(11-9-26)17-23(33)34/h3-6H,1-2,7-17H2,(H2,24,29)(H,25,30)(H,31,32)(H,33,34). The molecule has 1 saturated heterocycles. The number of nitrogens with one attached hydrogen (secondary N) is 1. The predicted octanol–water partition coefficient (Wildman–Crippen LogP) is -0.800. The van der Waals surface area contributed by atoms with Crippen LogP contribution in [0.1, 0.15) is 24.0 Å². The molecule has 0 saturated carbocycles. The summed E-state index contributed by atoms with van der Waals surface area (Å²) in [5.41, 5.74) is 7.01. The maximum Gasteiger partial charge on any atom is 0.317 e. The molecule has 11 heteroatoms. The number of rotatable bonds is 12. The van der Waals surface area contributed by atoms with E-state index in [0.717, 1.165) is 11.1 Å². The number of carbonyl (C=O) groups excluding carboxylic acids is 2. The number of amides is 2. The van der Waals surface area contributed by atoms with Gasteiger partial charge in [0.1, 0.15) is 0 Å². The van der Waals surface area contributed by atoms with Crippen LogP contribution in [0.15, 0.2) is 24.3 Å². The van der Waals surface area contributed by atoms with E-state index in [9.17, 15) is 29.4 Å². The van der Waals surface area contributed by atoms with Gasteiger partial charge < -0.3 is 21.3 Å². The molecule has 1 aromatic carbocycles. The maximum absolute atomic E-state index is 12.0. The number of primary amides is 1. The molecule has 11 nitrogen and oxygen atoms in total. The minimum atomic E-state index is -0.900. The van der Waals surface area contributed by atoms with E-state index in [1.165, 1.54) is 0 Å². The highest BCUT2D eigenvalue weighted by atomic mass is 16.4. The molecule has 34 heavy (non-hydrogen) atoms. The largest absolute Gasteiger partial charge is 0.480 e. The van der Waals surface area contributed by atoms with Crippen LogP contribution in [0.25, 0.3) is 0 Å². The van der Waals surface area contributed by atoms with Crippen LogP contribution in [-0.4, -0.2) is 108 Å². The Labute approximate surface area is 199 Å². The SMILES string of the molecule is NC(=O)CCCNC(=O)Cc1ccc(CN2CCN(CC(=O)O)CCN(CC(=O)O)CC2)cc1. The molecule has 0 spiro atoms. The first-order chi connectivity index (χ1) is 16.2. The predicted molar refractivity (Wildman–Crippen MR) is 125 cm³/mol. The second-order valence-corrected chi connectivity index (χ2v) is 8.53. The lowest BCUT2D eigenvalue weighted by Crippen LogP contribution is -2.40. The van der Waals surface area contributed by atoms with Gasteiger partial charge in [-0.25, -0.2) is 0 Å². The van der Waals surface area contributed by atoms with Gasteiger partial charge >= 0.3 is 11.9 Å². The first-order valence-corrected chi connectivity index (χ1v) is 11.4. The third kappa shape index (κ3) is 11.2. The van der Waals surface area contributed by atoms with Crippen molar-refractivity contribution in [3.05, 3.63) is 35.4 Å². The van der Waals surface area contributed by atoms with Crippen LogP contribution >= 0.6 is 0 Å². The number of nitrogens with zero attached hydrogens (tertiary/aromatic N) is 3. The van der Waals surface area contributed by atoms with Crippen molar-refractivity contribution in [2.45, 2.75) is 25.8 Å². The summed E-state index contributed by atoms with van der Waals surface area (Å²) < 4.78 is 0. The van der Waals surface area contributed by atoms with Gasteiger partial charge in [-0.3, -0.25) is 33.9 Å². The molecule has 1 heterocycles. The molecule has 1 aliphatic rings. The Bertz CT molecular complexity index is 804. The fraction of sp³-hybridized carbons (Fsp3) is 0.565. The van der Waals surface area contributed by atoms with E-state index >= 15 is 0 Å². The number of carboxylic acids is 2. The van der Waals surface area contributed by atoms with Crippen LogP contribution in [0.5, 0.6) is 0 Å². The second-order valence-electron chi connectivity index (χ2n) is 8.53. The lowest BCUT2D eigenvalue weighted by Gasteiger charge is -2.25. The van der Waals surface area contributed by atoms with Crippen molar-refractivity contribution in [3.8, 4) is 0 Å². The van der Waals surface area contributed by atoms with Crippen LogP contribution in [0, 0.1) is 0 Å². The normalized spacial score (nSPS) is 16.2. The second kappa shape index (κ2) is 14.3. The molecule has 1 aromatic rings. The smallest absolute Gasteiger partial charge is 0.317 e. The molecule has 0 aliphatic carbocycles. The summed E-state index contributed by atoms with van der Waals surface area (Å²) in [6.45, 7) is 4.42. The number of hydrogen-bond donors (Lipinski definition) is 4. The molecule has 1 fully saturated rings. The van der Waals surface area contributed by atoms with E-state index in [4.69, 9.17) is 5.73 Å². The lowest BCUT2D eigenvalue weighted by atomic mass is 10.1. The molecule has 0 bridgehead atoms. The maximum atomic E-state index is 12.0. The Balaban J connectivity index is 1.91. The van der Waals surface area contributed by atoms with Crippen LogP contribution < -0.4 is 11.1 Å². The van der Waals surface area contributed by atoms with Gasteiger partial charge in [0, 0.05) is 58.8 Å². The van der Waals surface area contributed by atoms with Crippen molar-refractivity contribution < 1.29 is 29.4 Å². The third-order valence-electron chi connectivity index (χ3n) is 5.63. The van der Waals surface area contributed by atoms with Gasteiger partial charge in [0.2, 0.25) is 11.8 Å². The molecule has 0 unspecified atom stereocenters. The first-order valence-electron chi connectivity index (χ1n) is 11.4. The van der Waals surface area contributed by atoms with Gasteiger partial charge in [0.15, 0.2) is 0 Å². The van der Waals surface area contributed by atoms with Crippen LogP contribution in [0.4, 0.5) is 0 Å². The van der Waals surface area contributed by atoms with Crippen molar-refractivity contribution >= 4 is 23.8 Å². The zero-order valence-corrected chi connectivity index (χ0v) is 19.4. The summed E-state index contributed by atoms with van der Waals surface area (Å²) in [7, 11) is 0. The average molecular weight is 478 g/mol. The summed E-state index contributed by atoms with van der Waals surface area (Å²) in [4.78, 5) is 51.0. The highest BCUT2D eigenvalue weighted by Gasteiger charge is 2.19. The number of aliphatic carboxylic acids is 2. The van der Waals surface area contributed by atoms with Crippen molar-refractivity contribution in [3.63, 3.8) is 0 Å². The fourth-order valence-corrected chi connectivity index (χ4v) is 3.80. The number of nitrogens with two attached hydrogens (primary N) is 1. The summed E-state index contributed by atoms with van der Waals surface area (Å²) in [5.74, 6) is -2.30. The lowest BCUT2D eigenvalue weighted by molar-refractivity contribution is -0.140. The molecule has 2 rings (SSSR count). The summed E-state index contributed by atoms with van der Waals surface area (Å²) in [5, 5.41) is 21.1. The number of benzene rings is 1. The van der Waals surface area contributed by atoms with Crippen molar-refractivity contribution in [1.29, 1.82) is 0 Å². The van der Waals surface area contributed by atoms with Gasteiger partial charge in [-0.1, -0.05) is 24.3 Å². The highest BCUT2D eigenvalue weighted by molar-refractivity contribution is 5.78. The minimum Gasteiger partial charge on any atom is -0.480 e. The monoisotopic (exact) mass is 477 g/mol. The molecule has 0 aromatic heterocycles. The van der Waals surface area contributed by atoms with Crippen molar-refractivity contribution in [2.75, 3.05) is 58.9 Å². The molecular formula is C23H35N5O6. The van der Waals surface area contributed by atoms with E-state index in [2.05, 4.69) is 10.2 Å². The number of carbonyl (C=O) groups is 4. The van der Waals surface area contributed by atoms with Gasteiger partial charge in [0.25, 0.3) is 0 Å². The van der Waals surface area contributed by atoms with E-state index < -0.39 is 11.9 Å². The van der Waals surface area contributed by atoms with Gasteiger partial charge in [-0.15, -0.1) is 0 Å². The van der Waals surface area contributed by atoms with Gasteiger partial charge in [-0.2, -0.15) is 0 Å². The summed E-state index contributed by atoms with van der Waals surface area (Å²) in [6.07, 6.45) is 1.01. The Morgan fingerprint density at radius 3 is 1.74 bits per heavy atom. The molecule has 0 atom stereocenters. The molecule has 0 radical (unpaired) electrons. The van der Waals surface area contributed by atoms with E-state index in [1.54, 1.807) is 0 Å². The van der Waals surface area contributed by atoms with Crippen molar-refractivity contribution in [2.24, 2.45) is 5.73 Å².